The second-order valence-electron chi connectivity index (χ2n) is 5.17. The molecule has 108 valence electrons. The van der Waals surface area contributed by atoms with Gasteiger partial charge in [0, 0.05) is 18.9 Å². The van der Waals surface area contributed by atoms with Crippen molar-refractivity contribution in [2.45, 2.75) is 45.6 Å². The minimum Gasteiger partial charge on any atom is -0.313 e. The van der Waals surface area contributed by atoms with Crippen LogP contribution in [0.15, 0.2) is 42.7 Å². The van der Waals surface area contributed by atoms with E-state index in [-0.39, 0.29) is 0 Å². The summed E-state index contributed by atoms with van der Waals surface area (Å²) in [6.45, 7) is 4.26. The van der Waals surface area contributed by atoms with Crippen molar-refractivity contribution >= 4 is 0 Å². The topological polar surface area (TPSA) is 29.9 Å². The fourth-order valence-corrected chi connectivity index (χ4v) is 2.37. The van der Waals surface area contributed by atoms with Crippen molar-refractivity contribution < 1.29 is 0 Å². The van der Waals surface area contributed by atoms with Gasteiger partial charge in [0.1, 0.15) is 0 Å². The molecule has 0 aliphatic rings. The van der Waals surface area contributed by atoms with Gasteiger partial charge in [-0.2, -0.15) is 5.10 Å². The van der Waals surface area contributed by atoms with Crippen LogP contribution in [0.3, 0.4) is 0 Å². The summed E-state index contributed by atoms with van der Waals surface area (Å²) >= 11 is 0. The minimum absolute atomic E-state index is 0.907. The van der Waals surface area contributed by atoms with Gasteiger partial charge in [-0.15, -0.1) is 0 Å². The largest absolute Gasteiger partial charge is 0.313 e. The molecule has 1 heterocycles. The monoisotopic (exact) mass is 271 g/mol. The van der Waals surface area contributed by atoms with Crippen LogP contribution in [0.5, 0.6) is 0 Å². The molecular weight excluding hydrogens is 246 g/mol. The van der Waals surface area contributed by atoms with E-state index in [0.29, 0.717) is 0 Å². The predicted molar refractivity (Wildman–Crippen MR) is 84.0 cm³/mol. The van der Waals surface area contributed by atoms with E-state index >= 15 is 0 Å². The van der Waals surface area contributed by atoms with Crippen LogP contribution in [0, 0.1) is 0 Å². The standard InChI is InChI=1S/C17H25N3/c1-2-3-4-5-8-12-18-15-16-10-6-7-11-17(16)20-14-9-13-19-20/h6-7,9-11,13-14,18H,2-5,8,12,15H2,1H3. The third-order valence-electron chi connectivity index (χ3n) is 3.52. The molecule has 1 N–H and O–H groups in total. The zero-order valence-corrected chi connectivity index (χ0v) is 12.4. The smallest absolute Gasteiger partial charge is 0.0690 e. The Morgan fingerprint density at radius 1 is 1.05 bits per heavy atom. The first-order valence-electron chi connectivity index (χ1n) is 7.70. The van der Waals surface area contributed by atoms with E-state index in [1.807, 2.05) is 23.1 Å². The molecule has 2 aromatic rings. The highest BCUT2D eigenvalue weighted by Gasteiger charge is 2.03. The Balaban J connectivity index is 1.79. The van der Waals surface area contributed by atoms with Gasteiger partial charge in [-0.3, -0.25) is 0 Å². The molecule has 1 aromatic carbocycles. The summed E-state index contributed by atoms with van der Waals surface area (Å²) in [4.78, 5) is 0. The Hall–Kier alpha value is -1.61. The zero-order chi connectivity index (χ0) is 14.0. The van der Waals surface area contributed by atoms with Crippen LogP contribution in [0.4, 0.5) is 0 Å². The quantitative estimate of drug-likeness (QED) is 0.700. The Morgan fingerprint density at radius 3 is 2.70 bits per heavy atom. The number of benzene rings is 1. The van der Waals surface area contributed by atoms with Crippen LogP contribution in [0.25, 0.3) is 5.69 Å². The van der Waals surface area contributed by atoms with Gasteiger partial charge in [-0.25, -0.2) is 4.68 Å². The molecule has 1 aromatic heterocycles. The molecule has 0 aliphatic carbocycles. The predicted octanol–water partition coefficient (Wildman–Crippen LogP) is 3.93. The van der Waals surface area contributed by atoms with Crippen LogP contribution >= 0.6 is 0 Å². The van der Waals surface area contributed by atoms with Crippen LogP contribution in [-0.4, -0.2) is 16.3 Å². The van der Waals surface area contributed by atoms with Crippen LogP contribution in [0.2, 0.25) is 0 Å². The van der Waals surface area contributed by atoms with Gasteiger partial charge in [0.25, 0.3) is 0 Å². The molecule has 0 amide bonds. The first-order chi connectivity index (χ1) is 9.92. The number of nitrogens with zero attached hydrogens (tertiary/aromatic N) is 2. The molecule has 0 bridgehead atoms. The van der Waals surface area contributed by atoms with E-state index in [2.05, 4.69) is 41.6 Å². The molecule has 20 heavy (non-hydrogen) atoms. The fraction of sp³-hybridized carbons (Fsp3) is 0.471. The van der Waals surface area contributed by atoms with Crippen LogP contribution < -0.4 is 5.32 Å². The second kappa shape index (κ2) is 8.54. The normalized spacial score (nSPS) is 10.8. The SMILES string of the molecule is CCCCCCCNCc1ccccc1-n1cccn1. The Bertz CT molecular complexity index is 477. The second-order valence-corrected chi connectivity index (χ2v) is 5.17. The summed E-state index contributed by atoms with van der Waals surface area (Å²) in [5.41, 5.74) is 2.46. The Labute approximate surface area is 122 Å². The third-order valence-corrected chi connectivity index (χ3v) is 3.52. The lowest BCUT2D eigenvalue weighted by Gasteiger charge is -2.10. The van der Waals surface area contributed by atoms with Crippen LogP contribution in [0.1, 0.15) is 44.6 Å². The lowest BCUT2D eigenvalue weighted by molar-refractivity contribution is 0.582. The van der Waals surface area contributed by atoms with Crippen molar-refractivity contribution in [3.05, 3.63) is 48.3 Å². The average Bonchev–Trinajstić information content (AvgIpc) is 3.01. The van der Waals surface area contributed by atoms with Gasteiger partial charge in [-0.1, -0.05) is 50.8 Å². The number of aromatic nitrogens is 2. The van der Waals surface area contributed by atoms with Crippen molar-refractivity contribution in [3.63, 3.8) is 0 Å². The molecular formula is C17H25N3. The van der Waals surface area contributed by atoms with Gasteiger partial charge in [-0.05, 0) is 30.7 Å². The van der Waals surface area contributed by atoms with Gasteiger partial charge < -0.3 is 5.32 Å². The van der Waals surface area contributed by atoms with E-state index in [0.717, 1.165) is 18.8 Å². The summed E-state index contributed by atoms with van der Waals surface area (Å²) in [5, 5.41) is 7.85. The van der Waals surface area contributed by atoms with E-state index in [1.165, 1.54) is 37.7 Å². The maximum atomic E-state index is 4.31. The number of para-hydroxylation sites is 1. The van der Waals surface area contributed by atoms with Crippen LogP contribution in [-0.2, 0) is 6.54 Å². The maximum Gasteiger partial charge on any atom is 0.0690 e. The summed E-state index contributed by atoms with van der Waals surface area (Å²) in [7, 11) is 0. The molecule has 0 saturated heterocycles. The highest BCUT2D eigenvalue weighted by atomic mass is 15.3. The van der Waals surface area contributed by atoms with Gasteiger partial charge in [0.05, 0.1) is 5.69 Å². The molecule has 0 fully saturated rings. The lowest BCUT2D eigenvalue weighted by atomic mass is 10.1. The van der Waals surface area contributed by atoms with E-state index in [4.69, 9.17) is 0 Å². The minimum atomic E-state index is 0.907. The average molecular weight is 271 g/mol. The van der Waals surface area contributed by atoms with Crippen molar-refractivity contribution in [2.75, 3.05) is 6.54 Å². The molecule has 0 unspecified atom stereocenters. The molecule has 0 saturated carbocycles. The number of hydrogen-bond donors (Lipinski definition) is 1. The Kier molecular flexibility index (Phi) is 6.32. The highest BCUT2D eigenvalue weighted by molar-refractivity contribution is 5.40. The van der Waals surface area contributed by atoms with E-state index in [1.54, 1.807) is 0 Å². The molecule has 0 aliphatic heterocycles. The zero-order valence-electron chi connectivity index (χ0n) is 12.4. The van der Waals surface area contributed by atoms with Crippen molar-refractivity contribution in [3.8, 4) is 5.69 Å². The lowest BCUT2D eigenvalue weighted by Crippen LogP contribution is -2.16. The Morgan fingerprint density at radius 2 is 1.90 bits per heavy atom. The van der Waals surface area contributed by atoms with Crippen molar-refractivity contribution in [2.24, 2.45) is 0 Å². The summed E-state index contributed by atoms with van der Waals surface area (Å²) in [5.74, 6) is 0. The number of unbranched alkanes of at least 4 members (excludes halogenated alkanes) is 4. The van der Waals surface area contributed by atoms with Gasteiger partial charge >= 0.3 is 0 Å². The third kappa shape index (κ3) is 4.49. The first kappa shape index (κ1) is 14.8. The molecule has 3 heteroatoms. The van der Waals surface area contributed by atoms with Crippen molar-refractivity contribution in [1.82, 2.24) is 15.1 Å². The summed E-state index contributed by atoms with van der Waals surface area (Å²) < 4.78 is 1.93. The molecule has 2 rings (SSSR count). The maximum absolute atomic E-state index is 4.31. The fourth-order valence-electron chi connectivity index (χ4n) is 2.37. The van der Waals surface area contributed by atoms with Gasteiger partial charge in [0.15, 0.2) is 0 Å². The molecule has 0 atom stereocenters. The van der Waals surface area contributed by atoms with E-state index < -0.39 is 0 Å². The number of hydrogen-bond acceptors (Lipinski definition) is 2. The van der Waals surface area contributed by atoms with E-state index in [9.17, 15) is 0 Å². The highest BCUT2D eigenvalue weighted by Crippen LogP contribution is 2.13. The summed E-state index contributed by atoms with van der Waals surface area (Å²) in [6.07, 6.45) is 10.4. The first-order valence-corrected chi connectivity index (χ1v) is 7.70. The van der Waals surface area contributed by atoms with Gasteiger partial charge in [0.2, 0.25) is 0 Å². The molecule has 0 spiro atoms. The number of nitrogens with one attached hydrogen (secondary N) is 1. The molecule has 3 nitrogen and oxygen atoms in total. The number of rotatable bonds is 9. The van der Waals surface area contributed by atoms with Crippen molar-refractivity contribution in [1.29, 1.82) is 0 Å². The molecule has 0 radical (unpaired) electrons. The summed E-state index contributed by atoms with van der Waals surface area (Å²) in [6, 6.07) is 10.4.